The van der Waals surface area contributed by atoms with Gasteiger partial charge in [-0.15, -0.1) is 0 Å². The number of carboxylic acid groups (broad SMARTS) is 1. The van der Waals surface area contributed by atoms with Crippen LogP contribution < -0.4 is 5.32 Å². The second-order valence-corrected chi connectivity index (χ2v) is 3.28. The molecular weight excluding hydrogens is 204 g/mol. The summed E-state index contributed by atoms with van der Waals surface area (Å²) in [5.41, 5.74) is 0.995. The third-order valence-electron chi connectivity index (χ3n) is 2.25. The molecule has 0 atom stereocenters. The number of hydrogen-bond donors (Lipinski definition) is 2. The summed E-state index contributed by atoms with van der Waals surface area (Å²) in [6, 6.07) is 12.5. The minimum Gasteiger partial charge on any atom is -0.465 e. The number of benzene rings is 2. The van der Waals surface area contributed by atoms with Crippen molar-refractivity contribution in [1.82, 2.24) is 0 Å². The summed E-state index contributed by atoms with van der Waals surface area (Å²) < 4.78 is 0. The summed E-state index contributed by atoms with van der Waals surface area (Å²) in [6.07, 6.45) is -1.12. The molecule has 0 aliphatic rings. The van der Waals surface area contributed by atoms with Crippen LogP contribution in [0.15, 0.2) is 36.4 Å². The second kappa shape index (κ2) is 3.91. The van der Waals surface area contributed by atoms with Gasteiger partial charge in [-0.2, -0.15) is 5.26 Å². The summed E-state index contributed by atoms with van der Waals surface area (Å²) in [6.45, 7) is 0. The summed E-state index contributed by atoms with van der Waals surface area (Å²) in [5, 5.41) is 21.4. The van der Waals surface area contributed by atoms with Crippen molar-refractivity contribution in [2.45, 2.75) is 0 Å². The lowest BCUT2D eigenvalue weighted by molar-refractivity contribution is 0.210. The number of nitrogens with zero attached hydrogens (tertiary/aromatic N) is 1. The molecule has 78 valence electrons. The van der Waals surface area contributed by atoms with E-state index >= 15 is 0 Å². The standard InChI is InChI=1S/C12H8N2O2/c13-7-8-4-5-9-2-1-3-11(10(9)6-8)14-12(15)16/h1-6,14H,(H,15,16). The highest BCUT2D eigenvalue weighted by atomic mass is 16.4. The van der Waals surface area contributed by atoms with Crippen molar-refractivity contribution in [3.8, 4) is 6.07 Å². The Balaban J connectivity index is 2.65. The number of carbonyl (C=O) groups is 1. The van der Waals surface area contributed by atoms with Gasteiger partial charge in [0.2, 0.25) is 0 Å². The zero-order chi connectivity index (χ0) is 11.5. The van der Waals surface area contributed by atoms with Crippen LogP contribution in [0.3, 0.4) is 0 Å². The molecule has 16 heavy (non-hydrogen) atoms. The molecule has 0 saturated heterocycles. The number of hydrogen-bond acceptors (Lipinski definition) is 2. The smallest absolute Gasteiger partial charge is 0.409 e. The van der Waals surface area contributed by atoms with E-state index in [1.807, 2.05) is 12.1 Å². The second-order valence-electron chi connectivity index (χ2n) is 3.28. The first-order chi connectivity index (χ1) is 7.70. The van der Waals surface area contributed by atoms with Crippen molar-refractivity contribution in [2.24, 2.45) is 0 Å². The summed E-state index contributed by atoms with van der Waals surface area (Å²) >= 11 is 0. The lowest BCUT2D eigenvalue weighted by atomic mass is 10.1. The molecule has 4 nitrogen and oxygen atoms in total. The lowest BCUT2D eigenvalue weighted by Gasteiger charge is -2.05. The molecule has 0 unspecified atom stereocenters. The van der Waals surface area contributed by atoms with Gasteiger partial charge in [0, 0.05) is 5.39 Å². The Morgan fingerprint density at radius 3 is 2.81 bits per heavy atom. The van der Waals surface area contributed by atoms with E-state index in [0.717, 1.165) is 10.8 Å². The van der Waals surface area contributed by atoms with Gasteiger partial charge < -0.3 is 5.11 Å². The fourth-order valence-corrected chi connectivity index (χ4v) is 1.57. The normalized spacial score (nSPS) is 9.69. The van der Waals surface area contributed by atoms with Crippen molar-refractivity contribution in [2.75, 3.05) is 5.32 Å². The molecule has 0 heterocycles. The van der Waals surface area contributed by atoms with Crippen LogP contribution in [0.5, 0.6) is 0 Å². The molecule has 2 rings (SSSR count). The Kier molecular flexibility index (Phi) is 2.44. The molecule has 2 aromatic carbocycles. The van der Waals surface area contributed by atoms with Gasteiger partial charge in [-0.05, 0) is 23.6 Å². The molecule has 0 aliphatic heterocycles. The van der Waals surface area contributed by atoms with Crippen molar-refractivity contribution in [3.05, 3.63) is 42.0 Å². The predicted octanol–water partition coefficient (Wildman–Crippen LogP) is 2.80. The van der Waals surface area contributed by atoms with Crippen molar-refractivity contribution >= 4 is 22.6 Å². The Bertz CT molecular complexity index is 599. The topological polar surface area (TPSA) is 73.1 Å². The van der Waals surface area contributed by atoms with Crippen molar-refractivity contribution < 1.29 is 9.90 Å². The zero-order valence-electron chi connectivity index (χ0n) is 8.27. The Hall–Kier alpha value is -2.54. The fourth-order valence-electron chi connectivity index (χ4n) is 1.57. The Labute approximate surface area is 91.7 Å². The number of anilines is 1. The molecule has 4 heteroatoms. The molecule has 2 N–H and O–H groups in total. The lowest BCUT2D eigenvalue weighted by Crippen LogP contribution is -2.07. The van der Waals surface area contributed by atoms with Gasteiger partial charge >= 0.3 is 6.09 Å². The van der Waals surface area contributed by atoms with Gasteiger partial charge in [-0.25, -0.2) is 4.79 Å². The highest BCUT2D eigenvalue weighted by molar-refractivity contribution is 6.00. The Morgan fingerprint density at radius 1 is 1.31 bits per heavy atom. The highest BCUT2D eigenvalue weighted by Crippen LogP contribution is 2.24. The maximum atomic E-state index is 10.6. The summed E-state index contributed by atoms with van der Waals surface area (Å²) in [4.78, 5) is 10.6. The first kappa shape index (κ1) is 9.99. The molecule has 0 saturated carbocycles. The Morgan fingerprint density at radius 2 is 2.12 bits per heavy atom. The van der Waals surface area contributed by atoms with Gasteiger partial charge in [-0.3, -0.25) is 5.32 Å². The molecule has 0 radical (unpaired) electrons. The van der Waals surface area contributed by atoms with Crippen LogP contribution in [0.4, 0.5) is 10.5 Å². The third kappa shape index (κ3) is 1.79. The predicted molar refractivity (Wildman–Crippen MR) is 60.3 cm³/mol. The van der Waals surface area contributed by atoms with Crippen LogP contribution in [0.2, 0.25) is 0 Å². The van der Waals surface area contributed by atoms with E-state index in [1.54, 1.807) is 30.3 Å². The maximum absolute atomic E-state index is 10.6. The maximum Gasteiger partial charge on any atom is 0.409 e. The number of amides is 1. The van der Waals surface area contributed by atoms with E-state index < -0.39 is 6.09 Å². The molecule has 0 aromatic heterocycles. The molecule has 2 aromatic rings. The fraction of sp³-hybridized carbons (Fsp3) is 0. The van der Waals surface area contributed by atoms with E-state index in [9.17, 15) is 4.79 Å². The van der Waals surface area contributed by atoms with E-state index in [4.69, 9.17) is 10.4 Å². The molecule has 0 spiro atoms. The van der Waals surface area contributed by atoms with Crippen LogP contribution in [-0.2, 0) is 0 Å². The van der Waals surface area contributed by atoms with Gasteiger partial charge in [0.05, 0.1) is 17.3 Å². The van der Waals surface area contributed by atoms with Crippen molar-refractivity contribution in [3.63, 3.8) is 0 Å². The highest BCUT2D eigenvalue weighted by Gasteiger charge is 2.04. The minimum atomic E-state index is -1.12. The van der Waals surface area contributed by atoms with E-state index in [2.05, 4.69) is 5.32 Å². The van der Waals surface area contributed by atoms with E-state index in [-0.39, 0.29) is 0 Å². The zero-order valence-corrected chi connectivity index (χ0v) is 8.27. The molecule has 0 aliphatic carbocycles. The molecule has 0 fully saturated rings. The first-order valence-corrected chi connectivity index (χ1v) is 4.63. The van der Waals surface area contributed by atoms with E-state index in [0.29, 0.717) is 11.3 Å². The molecule has 0 bridgehead atoms. The van der Waals surface area contributed by atoms with Gasteiger partial charge in [0.15, 0.2) is 0 Å². The minimum absolute atomic E-state index is 0.488. The van der Waals surface area contributed by atoms with Gasteiger partial charge in [0.1, 0.15) is 0 Å². The quantitative estimate of drug-likeness (QED) is 0.763. The largest absolute Gasteiger partial charge is 0.465 e. The molecule has 1 amide bonds. The first-order valence-electron chi connectivity index (χ1n) is 4.63. The number of nitriles is 1. The average Bonchev–Trinajstić information content (AvgIpc) is 2.28. The van der Waals surface area contributed by atoms with Crippen LogP contribution >= 0.6 is 0 Å². The van der Waals surface area contributed by atoms with Crippen molar-refractivity contribution in [1.29, 1.82) is 5.26 Å². The number of rotatable bonds is 1. The number of fused-ring (bicyclic) bond motifs is 1. The van der Waals surface area contributed by atoms with Crippen LogP contribution in [0.25, 0.3) is 10.8 Å². The van der Waals surface area contributed by atoms with E-state index in [1.165, 1.54) is 0 Å². The van der Waals surface area contributed by atoms with Gasteiger partial charge in [-0.1, -0.05) is 18.2 Å². The molecular formula is C12H8N2O2. The number of nitrogens with one attached hydrogen (secondary N) is 1. The van der Waals surface area contributed by atoms with Crippen LogP contribution in [0, 0.1) is 11.3 Å². The third-order valence-corrected chi connectivity index (χ3v) is 2.25. The summed E-state index contributed by atoms with van der Waals surface area (Å²) in [7, 11) is 0. The SMILES string of the molecule is N#Cc1ccc2cccc(NC(=O)O)c2c1. The monoisotopic (exact) mass is 212 g/mol. The average molecular weight is 212 g/mol. The summed E-state index contributed by atoms with van der Waals surface area (Å²) in [5.74, 6) is 0. The van der Waals surface area contributed by atoms with Crippen LogP contribution in [-0.4, -0.2) is 11.2 Å². The van der Waals surface area contributed by atoms with Gasteiger partial charge in [0.25, 0.3) is 0 Å². The van der Waals surface area contributed by atoms with Crippen LogP contribution in [0.1, 0.15) is 5.56 Å².